The Labute approximate surface area is 135 Å². The highest BCUT2D eigenvalue weighted by atomic mass is 35.5. The molecule has 0 aromatic carbocycles. The number of nitrogens with one attached hydrogen (secondary N) is 2. The molecule has 0 unspecified atom stereocenters. The lowest BCUT2D eigenvalue weighted by molar-refractivity contribution is -0.121. The van der Waals surface area contributed by atoms with Crippen LogP contribution < -0.4 is 10.6 Å². The largest absolute Gasteiger partial charge is 0.355 e. The van der Waals surface area contributed by atoms with Crippen LogP contribution in [0, 0.1) is 5.92 Å². The maximum atomic E-state index is 11.8. The fourth-order valence-corrected chi connectivity index (χ4v) is 3.40. The standard InChI is InChI=1S/C16H31N3O.ClH/c20-16(8-4-7-15-5-2-1-3-6-15)18-11-14-19-12-9-17-10-13-19;/h15,17H,1-14H2,(H,18,20);1H. The van der Waals surface area contributed by atoms with Gasteiger partial charge in [0.05, 0.1) is 0 Å². The monoisotopic (exact) mass is 317 g/mol. The number of hydrogen-bond donors (Lipinski definition) is 2. The molecule has 1 saturated carbocycles. The lowest BCUT2D eigenvalue weighted by atomic mass is 9.86. The minimum absolute atomic E-state index is 0. The lowest BCUT2D eigenvalue weighted by Crippen LogP contribution is -2.46. The Hall–Kier alpha value is -0.320. The molecule has 2 rings (SSSR count). The van der Waals surface area contributed by atoms with E-state index >= 15 is 0 Å². The molecule has 0 radical (unpaired) electrons. The number of nitrogens with zero attached hydrogens (tertiary/aromatic N) is 1. The van der Waals surface area contributed by atoms with E-state index < -0.39 is 0 Å². The smallest absolute Gasteiger partial charge is 0.220 e. The van der Waals surface area contributed by atoms with Gasteiger partial charge in [0, 0.05) is 45.7 Å². The second-order valence-corrected chi connectivity index (χ2v) is 6.34. The van der Waals surface area contributed by atoms with Gasteiger partial charge in [-0.2, -0.15) is 0 Å². The zero-order chi connectivity index (χ0) is 14.0. The van der Waals surface area contributed by atoms with Gasteiger partial charge >= 0.3 is 0 Å². The molecule has 5 heteroatoms. The summed E-state index contributed by atoms with van der Waals surface area (Å²) in [5.74, 6) is 1.15. The van der Waals surface area contributed by atoms with E-state index in [0.29, 0.717) is 0 Å². The third kappa shape index (κ3) is 8.03. The summed E-state index contributed by atoms with van der Waals surface area (Å²) in [6, 6.07) is 0. The van der Waals surface area contributed by atoms with Crippen molar-refractivity contribution in [3.8, 4) is 0 Å². The van der Waals surface area contributed by atoms with Crippen LogP contribution in [-0.2, 0) is 4.79 Å². The number of halogens is 1. The maximum absolute atomic E-state index is 11.8. The average molecular weight is 318 g/mol. The first-order chi connectivity index (χ1) is 9.84. The molecule has 2 N–H and O–H groups in total. The third-order valence-corrected chi connectivity index (χ3v) is 4.70. The molecule has 1 amide bonds. The highest BCUT2D eigenvalue weighted by Crippen LogP contribution is 2.27. The van der Waals surface area contributed by atoms with Crippen molar-refractivity contribution in [2.45, 2.75) is 51.4 Å². The van der Waals surface area contributed by atoms with Crippen LogP contribution >= 0.6 is 12.4 Å². The van der Waals surface area contributed by atoms with Gasteiger partial charge in [0.25, 0.3) is 0 Å². The lowest BCUT2D eigenvalue weighted by Gasteiger charge is -2.27. The van der Waals surface area contributed by atoms with Crippen LogP contribution in [0.3, 0.4) is 0 Å². The molecule has 2 fully saturated rings. The molecule has 21 heavy (non-hydrogen) atoms. The zero-order valence-electron chi connectivity index (χ0n) is 13.2. The number of carbonyl (C=O) groups excluding carboxylic acids is 1. The van der Waals surface area contributed by atoms with Crippen LogP contribution in [0.1, 0.15) is 51.4 Å². The Morgan fingerprint density at radius 3 is 2.57 bits per heavy atom. The van der Waals surface area contributed by atoms with Gasteiger partial charge in [-0.3, -0.25) is 9.69 Å². The molecule has 0 atom stereocenters. The van der Waals surface area contributed by atoms with Crippen LogP contribution in [0.2, 0.25) is 0 Å². The normalized spacial score (nSPS) is 20.8. The Bertz CT molecular complexity index is 251. The number of rotatable bonds is 7. The van der Waals surface area contributed by atoms with Gasteiger partial charge in [0.2, 0.25) is 5.91 Å². The number of carbonyl (C=O) groups is 1. The van der Waals surface area contributed by atoms with E-state index in [9.17, 15) is 4.79 Å². The first kappa shape index (κ1) is 18.7. The Morgan fingerprint density at radius 2 is 1.86 bits per heavy atom. The van der Waals surface area contributed by atoms with Gasteiger partial charge in [-0.15, -0.1) is 12.4 Å². The van der Waals surface area contributed by atoms with Gasteiger partial charge in [0.1, 0.15) is 0 Å². The van der Waals surface area contributed by atoms with E-state index in [1.165, 1.54) is 38.5 Å². The quantitative estimate of drug-likeness (QED) is 0.756. The zero-order valence-corrected chi connectivity index (χ0v) is 14.1. The maximum Gasteiger partial charge on any atom is 0.220 e. The van der Waals surface area contributed by atoms with E-state index in [0.717, 1.165) is 58.0 Å². The van der Waals surface area contributed by atoms with Crippen LogP contribution in [0.4, 0.5) is 0 Å². The van der Waals surface area contributed by atoms with Crippen molar-refractivity contribution in [2.24, 2.45) is 5.92 Å². The first-order valence-electron chi connectivity index (χ1n) is 8.54. The van der Waals surface area contributed by atoms with Crippen molar-refractivity contribution in [3.05, 3.63) is 0 Å². The Balaban J connectivity index is 0.00000220. The molecule has 0 aromatic rings. The summed E-state index contributed by atoms with van der Waals surface area (Å²) in [5, 5.41) is 6.41. The molecule has 1 saturated heterocycles. The molecule has 0 bridgehead atoms. The molecule has 2 aliphatic rings. The Kier molecular flexibility index (Phi) is 10.1. The van der Waals surface area contributed by atoms with Crippen molar-refractivity contribution in [1.82, 2.24) is 15.5 Å². The van der Waals surface area contributed by atoms with Crippen LogP contribution in [0.5, 0.6) is 0 Å². The van der Waals surface area contributed by atoms with E-state index in [2.05, 4.69) is 15.5 Å². The van der Waals surface area contributed by atoms with Crippen molar-refractivity contribution in [3.63, 3.8) is 0 Å². The second kappa shape index (κ2) is 11.3. The van der Waals surface area contributed by atoms with Gasteiger partial charge < -0.3 is 10.6 Å². The SMILES string of the molecule is Cl.O=C(CCCC1CCCCC1)NCCN1CCNCC1. The summed E-state index contributed by atoms with van der Waals surface area (Å²) >= 11 is 0. The number of piperazine rings is 1. The van der Waals surface area contributed by atoms with Crippen molar-refractivity contribution in [2.75, 3.05) is 39.3 Å². The van der Waals surface area contributed by atoms with Crippen LogP contribution in [0.15, 0.2) is 0 Å². The van der Waals surface area contributed by atoms with E-state index in [1.807, 2.05) is 0 Å². The third-order valence-electron chi connectivity index (χ3n) is 4.70. The summed E-state index contributed by atoms with van der Waals surface area (Å²) in [4.78, 5) is 14.2. The highest BCUT2D eigenvalue weighted by molar-refractivity contribution is 5.85. The molecule has 1 aliphatic carbocycles. The number of amides is 1. The predicted molar refractivity (Wildman–Crippen MR) is 90.0 cm³/mol. The van der Waals surface area contributed by atoms with E-state index in [4.69, 9.17) is 0 Å². The van der Waals surface area contributed by atoms with Crippen LogP contribution in [0.25, 0.3) is 0 Å². The van der Waals surface area contributed by atoms with Crippen molar-refractivity contribution >= 4 is 18.3 Å². The summed E-state index contributed by atoms with van der Waals surface area (Å²) in [6.45, 7) is 6.18. The van der Waals surface area contributed by atoms with E-state index in [1.54, 1.807) is 0 Å². The molecule has 4 nitrogen and oxygen atoms in total. The average Bonchev–Trinajstić information content (AvgIpc) is 2.49. The summed E-state index contributed by atoms with van der Waals surface area (Å²) in [6.07, 6.45) is 10.1. The molecule has 0 spiro atoms. The summed E-state index contributed by atoms with van der Waals surface area (Å²) in [7, 11) is 0. The summed E-state index contributed by atoms with van der Waals surface area (Å²) < 4.78 is 0. The fraction of sp³-hybridized carbons (Fsp3) is 0.938. The molecule has 0 aromatic heterocycles. The summed E-state index contributed by atoms with van der Waals surface area (Å²) in [5.41, 5.74) is 0. The van der Waals surface area contributed by atoms with Crippen molar-refractivity contribution in [1.29, 1.82) is 0 Å². The minimum atomic E-state index is 0. The highest BCUT2D eigenvalue weighted by Gasteiger charge is 2.14. The molecule has 1 heterocycles. The Morgan fingerprint density at radius 1 is 1.14 bits per heavy atom. The minimum Gasteiger partial charge on any atom is -0.355 e. The molecule has 1 aliphatic heterocycles. The first-order valence-corrected chi connectivity index (χ1v) is 8.54. The van der Waals surface area contributed by atoms with Gasteiger partial charge in [0.15, 0.2) is 0 Å². The second-order valence-electron chi connectivity index (χ2n) is 6.34. The topological polar surface area (TPSA) is 44.4 Å². The van der Waals surface area contributed by atoms with Gasteiger partial charge in [-0.1, -0.05) is 32.1 Å². The fourth-order valence-electron chi connectivity index (χ4n) is 3.40. The molecular formula is C16H32ClN3O. The van der Waals surface area contributed by atoms with Gasteiger partial charge in [-0.05, 0) is 18.8 Å². The molecular weight excluding hydrogens is 286 g/mol. The predicted octanol–water partition coefficient (Wildman–Crippen LogP) is 2.18. The number of hydrogen-bond acceptors (Lipinski definition) is 3. The van der Waals surface area contributed by atoms with Crippen LogP contribution in [-0.4, -0.2) is 50.1 Å². The van der Waals surface area contributed by atoms with E-state index in [-0.39, 0.29) is 18.3 Å². The molecule has 124 valence electrons. The van der Waals surface area contributed by atoms with Crippen molar-refractivity contribution < 1.29 is 4.79 Å². The van der Waals surface area contributed by atoms with Gasteiger partial charge in [-0.25, -0.2) is 0 Å².